The van der Waals surface area contributed by atoms with Crippen LogP contribution in [0, 0.1) is 17.8 Å². The van der Waals surface area contributed by atoms with Gasteiger partial charge in [-0.3, -0.25) is 9.52 Å². The molecule has 0 aromatic carbocycles. The standard InChI is InChI=1S/C9H17NO3S/c1-6(2)5-14(12,13)10-9(11)8-4-7(8)3/h6-8H,4-5H2,1-3H3,(H,10,11). The van der Waals surface area contributed by atoms with Crippen LogP contribution in [0.2, 0.25) is 0 Å². The van der Waals surface area contributed by atoms with Crippen LogP contribution in [0.15, 0.2) is 0 Å². The van der Waals surface area contributed by atoms with Gasteiger partial charge in [-0.15, -0.1) is 0 Å². The summed E-state index contributed by atoms with van der Waals surface area (Å²) < 4.78 is 24.8. The van der Waals surface area contributed by atoms with Gasteiger partial charge in [0, 0.05) is 5.92 Å². The zero-order valence-corrected chi connectivity index (χ0v) is 9.60. The van der Waals surface area contributed by atoms with E-state index in [4.69, 9.17) is 0 Å². The molecule has 0 aromatic heterocycles. The first-order chi connectivity index (χ1) is 6.32. The molecule has 0 bridgehead atoms. The van der Waals surface area contributed by atoms with E-state index < -0.39 is 10.0 Å². The van der Waals surface area contributed by atoms with E-state index in [1.165, 1.54) is 0 Å². The van der Waals surface area contributed by atoms with Gasteiger partial charge in [0.1, 0.15) is 0 Å². The summed E-state index contributed by atoms with van der Waals surface area (Å²) >= 11 is 0. The van der Waals surface area contributed by atoms with E-state index in [-0.39, 0.29) is 23.5 Å². The van der Waals surface area contributed by atoms with Crippen LogP contribution in [-0.4, -0.2) is 20.1 Å². The Morgan fingerprint density at radius 3 is 2.36 bits per heavy atom. The molecule has 1 N–H and O–H groups in total. The molecule has 0 aliphatic heterocycles. The fourth-order valence-corrected chi connectivity index (χ4v) is 2.82. The highest BCUT2D eigenvalue weighted by atomic mass is 32.2. The SMILES string of the molecule is CC(C)CS(=O)(=O)NC(=O)C1CC1C. The summed E-state index contributed by atoms with van der Waals surface area (Å²) in [6.07, 6.45) is 0.809. The highest BCUT2D eigenvalue weighted by Crippen LogP contribution is 2.37. The number of sulfonamides is 1. The van der Waals surface area contributed by atoms with E-state index in [1.807, 2.05) is 20.8 Å². The van der Waals surface area contributed by atoms with Crippen molar-refractivity contribution in [3.8, 4) is 0 Å². The first kappa shape index (κ1) is 11.5. The number of amides is 1. The lowest BCUT2D eigenvalue weighted by Crippen LogP contribution is -2.35. The van der Waals surface area contributed by atoms with Gasteiger partial charge < -0.3 is 0 Å². The average molecular weight is 219 g/mol. The molecule has 1 saturated carbocycles. The largest absolute Gasteiger partial charge is 0.274 e. The van der Waals surface area contributed by atoms with E-state index in [0.717, 1.165) is 6.42 Å². The second-order valence-electron chi connectivity index (χ2n) is 4.46. The van der Waals surface area contributed by atoms with Crippen LogP contribution in [0.5, 0.6) is 0 Å². The number of hydrogen-bond acceptors (Lipinski definition) is 3. The van der Waals surface area contributed by atoms with Crippen molar-refractivity contribution in [2.24, 2.45) is 17.8 Å². The normalized spacial score (nSPS) is 26.3. The van der Waals surface area contributed by atoms with Crippen molar-refractivity contribution in [3.63, 3.8) is 0 Å². The first-order valence-corrected chi connectivity index (χ1v) is 6.51. The third-order valence-corrected chi connectivity index (χ3v) is 3.87. The van der Waals surface area contributed by atoms with Crippen molar-refractivity contribution in [1.82, 2.24) is 4.72 Å². The highest BCUT2D eigenvalue weighted by molar-refractivity contribution is 7.90. The highest BCUT2D eigenvalue weighted by Gasteiger charge is 2.40. The molecule has 0 heterocycles. The van der Waals surface area contributed by atoms with Crippen LogP contribution in [0.3, 0.4) is 0 Å². The smallest absolute Gasteiger partial charge is 0.236 e. The van der Waals surface area contributed by atoms with Gasteiger partial charge in [0.25, 0.3) is 0 Å². The molecule has 1 amide bonds. The zero-order valence-electron chi connectivity index (χ0n) is 8.78. The zero-order chi connectivity index (χ0) is 10.9. The van der Waals surface area contributed by atoms with Gasteiger partial charge >= 0.3 is 0 Å². The minimum Gasteiger partial charge on any atom is -0.274 e. The molecule has 0 spiro atoms. The van der Waals surface area contributed by atoms with Crippen LogP contribution in [0.1, 0.15) is 27.2 Å². The Balaban J connectivity index is 2.47. The van der Waals surface area contributed by atoms with Gasteiger partial charge in [0.2, 0.25) is 15.9 Å². The molecule has 82 valence electrons. The van der Waals surface area contributed by atoms with Crippen molar-refractivity contribution in [3.05, 3.63) is 0 Å². The topological polar surface area (TPSA) is 63.2 Å². The lowest BCUT2D eigenvalue weighted by molar-refractivity contribution is -0.120. The summed E-state index contributed by atoms with van der Waals surface area (Å²) in [5.74, 6) is -0.0314. The molecule has 1 rings (SSSR count). The Morgan fingerprint density at radius 2 is 2.00 bits per heavy atom. The summed E-state index contributed by atoms with van der Waals surface area (Å²) in [7, 11) is -3.41. The molecular formula is C9H17NO3S. The van der Waals surface area contributed by atoms with Crippen LogP contribution >= 0.6 is 0 Å². The van der Waals surface area contributed by atoms with Gasteiger partial charge in [-0.05, 0) is 18.3 Å². The Bertz CT molecular complexity index is 321. The molecule has 1 aliphatic carbocycles. The Labute approximate surface area is 85.1 Å². The predicted molar refractivity (Wildman–Crippen MR) is 54.0 cm³/mol. The van der Waals surface area contributed by atoms with E-state index in [0.29, 0.717) is 5.92 Å². The van der Waals surface area contributed by atoms with Crippen molar-refractivity contribution in [2.75, 3.05) is 5.75 Å². The lowest BCUT2D eigenvalue weighted by Gasteiger charge is -2.07. The second kappa shape index (κ2) is 3.88. The van der Waals surface area contributed by atoms with E-state index in [1.54, 1.807) is 0 Å². The summed E-state index contributed by atoms with van der Waals surface area (Å²) in [6, 6.07) is 0. The van der Waals surface area contributed by atoms with Gasteiger partial charge in [-0.1, -0.05) is 20.8 Å². The maximum absolute atomic E-state index is 11.4. The lowest BCUT2D eigenvalue weighted by atomic mass is 10.3. The van der Waals surface area contributed by atoms with E-state index in [9.17, 15) is 13.2 Å². The first-order valence-electron chi connectivity index (χ1n) is 4.86. The molecule has 1 fully saturated rings. The van der Waals surface area contributed by atoms with Crippen molar-refractivity contribution >= 4 is 15.9 Å². The van der Waals surface area contributed by atoms with Gasteiger partial charge in [0.05, 0.1) is 5.75 Å². The monoisotopic (exact) mass is 219 g/mol. The van der Waals surface area contributed by atoms with Crippen LogP contribution < -0.4 is 4.72 Å². The number of carbonyl (C=O) groups is 1. The van der Waals surface area contributed by atoms with Crippen LogP contribution in [0.4, 0.5) is 0 Å². The van der Waals surface area contributed by atoms with Crippen molar-refractivity contribution < 1.29 is 13.2 Å². The van der Waals surface area contributed by atoms with Crippen molar-refractivity contribution in [1.29, 1.82) is 0 Å². The Kier molecular flexibility index (Phi) is 3.19. The summed E-state index contributed by atoms with van der Waals surface area (Å²) in [5.41, 5.74) is 0. The average Bonchev–Trinajstić information content (AvgIpc) is 2.61. The number of nitrogens with one attached hydrogen (secondary N) is 1. The molecule has 1 aliphatic rings. The molecule has 2 unspecified atom stereocenters. The van der Waals surface area contributed by atoms with Crippen LogP contribution in [-0.2, 0) is 14.8 Å². The Morgan fingerprint density at radius 1 is 1.50 bits per heavy atom. The predicted octanol–water partition coefficient (Wildman–Crippen LogP) is 0.744. The summed E-state index contributed by atoms with van der Waals surface area (Å²) in [6.45, 7) is 5.56. The fraction of sp³-hybridized carbons (Fsp3) is 0.889. The third-order valence-electron chi connectivity index (χ3n) is 2.26. The molecule has 0 aromatic rings. The molecule has 2 atom stereocenters. The molecule has 14 heavy (non-hydrogen) atoms. The maximum Gasteiger partial charge on any atom is 0.236 e. The minimum absolute atomic E-state index is 0.0137. The molecule has 5 heteroatoms. The Hall–Kier alpha value is -0.580. The minimum atomic E-state index is -3.41. The second-order valence-corrected chi connectivity index (χ2v) is 6.23. The quantitative estimate of drug-likeness (QED) is 0.758. The third kappa shape index (κ3) is 3.29. The van der Waals surface area contributed by atoms with Gasteiger partial charge in [-0.25, -0.2) is 8.42 Å². The number of carbonyl (C=O) groups excluding carboxylic acids is 1. The van der Waals surface area contributed by atoms with Gasteiger partial charge in [0.15, 0.2) is 0 Å². The number of rotatable bonds is 4. The molecule has 0 saturated heterocycles. The van der Waals surface area contributed by atoms with Crippen LogP contribution in [0.25, 0.3) is 0 Å². The molecular weight excluding hydrogens is 202 g/mol. The fourth-order valence-electron chi connectivity index (χ4n) is 1.40. The molecule has 4 nitrogen and oxygen atoms in total. The van der Waals surface area contributed by atoms with E-state index in [2.05, 4.69) is 4.72 Å². The summed E-state index contributed by atoms with van der Waals surface area (Å²) in [4.78, 5) is 11.3. The maximum atomic E-state index is 11.4. The summed E-state index contributed by atoms with van der Waals surface area (Å²) in [5, 5.41) is 0. The van der Waals surface area contributed by atoms with E-state index >= 15 is 0 Å². The van der Waals surface area contributed by atoms with Crippen molar-refractivity contribution in [2.45, 2.75) is 27.2 Å². The molecule has 0 radical (unpaired) electrons. The van der Waals surface area contributed by atoms with Gasteiger partial charge in [-0.2, -0.15) is 0 Å². The number of hydrogen-bond donors (Lipinski definition) is 1.